The lowest BCUT2D eigenvalue weighted by Crippen LogP contribution is -2.10. The number of hydrogen-bond acceptors (Lipinski definition) is 2. The van der Waals surface area contributed by atoms with Gasteiger partial charge >= 0.3 is 0 Å². The lowest BCUT2D eigenvalue weighted by molar-refractivity contribution is 0.317. The SMILES string of the molecule is CCCOc1ccc(Cl)c(C(N)CCC)c1. The largest absolute Gasteiger partial charge is 0.494 e. The minimum Gasteiger partial charge on any atom is -0.494 e. The number of rotatable bonds is 6. The molecule has 0 spiro atoms. The summed E-state index contributed by atoms with van der Waals surface area (Å²) in [6, 6.07) is 5.71. The topological polar surface area (TPSA) is 35.2 Å². The normalized spacial score (nSPS) is 12.5. The molecule has 0 saturated carbocycles. The first-order valence-corrected chi connectivity index (χ1v) is 6.24. The van der Waals surface area contributed by atoms with Gasteiger partial charge in [0.2, 0.25) is 0 Å². The van der Waals surface area contributed by atoms with Crippen LogP contribution in [0.1, 0.15) is 44.7 Å². The highest BCUT2D eigenvalue weighted by molar-refractivity contribution is 6.31. The van der Waals surface area contributed by atoms with Crippen molar-refractivity contribution in [3.63, 3.8) is 0 Å². The highest BCUT2D eigenvalue weighted by Gasteiger charge is 2.10. The van der Waals surface area contributed by atoms with E-state index in [1.807, 2.05) is 18.2 Å². The Bertz CT molecular complexity index is 328. The van der Waals surface area contributed by atoms with Gasteiger partial charge in [0.25, 0.3) is 0 Å². The summed E-state index contributed by atoms with van der Waals surface area (Å²) < 4.78 is 5.56. The molecule has 3 heteroatoms. The molecule has 0 bridgehead atoms. The second kappa shape index (κ2) is 6.77. The summed E-state index contributed by atoms with van der Waals surface area (Å²) in [6.07, 6.45) is 2.99. The first-order valence-electron chi connectivity index (χ1n) is 5.86. The fraction of sp³-hybridized carbons (Fsp3) is 0.538. The van der Waals surface area contributed by atoms with Gasteiger partial charge in [-0.25, -0.2) is 0 Å². The maximum atomic E-state index is 6.13. The molecule has 0 fully saturated rings. The Labute approximate surface area is 103 Å². The Kier molecular flexibility index (Phi) is 5.64. The second-order valence-electron chi connectivity index (χ2n) is 3.93. The van der Waals surface area contributed by atoms with E-state index in [1.54, 1.807) is 0 Å². The van der Waals surface area contributed by atoms with Gasteiger partial charge in [-0.2, -0.15) is 0 Å². The zero-order chi connectivity index (χ0) is 12.0. The summed E-state index contributed by atoms with van der Waals surface area (Å²) in [4.78, 5) is 0. The molecule has 0 aliphatic heterocycles. The highest BCUT2D eigenvalue weighted by atomic mass is 35.5. The van der Waals surface area contributed by atoms with E-state index in [9.17, 15) is 0 Å². The van der Waals surface area contributed by atoms with Gasteiger partial charge in [0.05, 0.1) is 6.61 Å². The first kappa shape index (κ1) is 13.3. The molecule has 1 aromatic rings. The van der Waals surface area contributed by atoms with Crippen molar-refractivity contribution in [1.29, 1.82) is 0 Å². The summed E-state index contributed by atoms with van der Waals surface area (Å²) in [5, 5.41) is 0.727. The fourth-order valence-corrected chi connectivity index (χ4v) is 1.84. The van der Waals surface area contributed by atoms with Crippen LogP contribution in [0.3, 0.4) is 0 Å². The zero-order valence-electron chi connectivity index (χ0n) is 10.0. The maximum absolute atomic E-state index is 6.13. The number of halogens is 1. The average molecular weight is 242 g/mol. The van der Waals surface area contributed by atoms with Gasteiger partial charge in [-0.05, 0) is 36.6 Å². The van der Waals surface area contributed by atoms with Crippen molar-refractivity contribution in [2.75, 3.05) is 6.61 Å². The smallest absolute Gasteiger partial charge is 0.119 e. The summed E-state index contributed by atoms with van der Waals surface area (Å²) in [5.74, 6) is 0.854. The monoisotopic (exact) mass is 241 g/mol. The Balaban J connectivity index is 2.81. The van der Waals surface area contributed by atoms with Crippen molar-refractivity contribution in [2.24, 2.45) is 5.73 Å². The molecule has 16 heavy (non-hydrogen) atoms. The van der Waals surface area contributed by atoms with Crippen molar-refractivity contribution in [1.82, 2.24) is 0 Å². The van der Waals surface area contributed by atoms with Crippen molar-refractivity contribution in [3.05, 3.63) is 28.8 Å². The van der Waals surface area contributed by atoms with Gasteiger partial charge < -0.3 is 10.5 Å². The van der Waals surface area contributed by atoms with Crippen LogP contribution in [0.2, 0.25) is 5.02 Å². The average Bonchev–Trinajstić information content (AvgIpc) is 2.28. The van der Waals surface area contributed by atoms with Crippen molar-refractivity contribution in [3.8, 4) is 5.75 Å². The van der Waals surface area contributed by atoms with Crippen LogP contribution in [0, 0.1) is 0 Å². The second-order valence-corrected chi connectivity index (χ2v) is 4.33. The van der Waals surface area contributed by atoms with Crippen LogP contribution in [0.25, 0.3) is 0 Å². The van der Waals surface area contributed by atoms with Crippen LogP contribution in [0.5, 0.6) is 5.75 Å². The Morgan fingerprint density at radius 1 is 1.31 bits per heavy atom. The third-order valence-corrected chi connectivity index (χ3v) is 2.78. The Hall–Kier alpha value is -0.730. The van der Waals surface area contributed by atoms with Gasteiger partial charge in [-0.15, -0.1) is 0 Å². The molecule has 0 aliphatic carbocycles. The van der Waals surface area contributed by atoms with Crippen LogP contribution < -0.4 is 10.5 Å². The summed E-state index contributed by atoms with van der Waals surface area (Å²) in [6.45, 7) is 4.93. The van der Waals surface area contributed by atoms with Crippen molar-refractivity contribution >= 4 is 11.6 Å². The van der Waals surface area contributed by atoms with Gasteiger partial charge in [0.1, 0.15) is 5.75 Å². The molecule has 0 radical (unpaired) electrons. The maximum Gasteiger partial charge on any atom is 0.119 e. The van der Waals surface area contributed by atoms with E-state index >= 15 is 0 Å². The van der Waals surface area contributed by atoms with Crippen LogP contribution in [0.15, 0.2) is 18.2 Å². The van der Waals surface area contributed by atoms with E-state index in [1.165, 1.54) is 0 Å². The van der Waals surface area contributed by atoms with E-state index in [0.717, 1.165) is 42.2 Å². The Morgan fingerprint density at radius 3 is 2.69 bits per heavy atom. The lowest BCUT2D eigenvalue weighted by atomic mass is 10.0. The number of ether oxygens (including phenoxy) is 1. The standard InChI is InChI=1S/C13H20ClNO/c1-3-5-13(15)11-9-10(16-8-4-2)6-7-12(11)14/h6-7,9,13H,3-5,8,15H2,1-2H3. The third-order valence-electron chi connectivity index (χ3n) is 2.44. The molecule has 2 N–H and O–H groups in total. The fourth-order valence-electron chi connectivity index (χ4n) is 1.58. The molecule has 0 saturated heterocycles. The van der Waals surface area contributed by atoms with Gasteiger partial charge in [0.15, 0.2) is 0 Å². The molecule has 0 aromatic heterocycles. The van der Waals surface area contributed by atoms with Gasteiger partial charge in [-0.3, -0.25) is 0 Å². The number of hydrogen-bond donors (Lipinski definition) is 1. The molecule has 1 unspecified atom stereocenters. The minimum absolute atomic E-state index is 0.00248. The molecule has 1 atom stereocenters. The highest BCUT2D eigenvalue weighted by Crippen LogP contribution is 2.28. The van der Waals surface area contributed by atoms with E-state index in [0.29, 0.717) is 0 Å². The quantitative estimate of drug-likeness (QED) is 0.819. The predicted molar refractivity (Wildman–Crippen MR) is 69.1 cm³/mol. The predicted octanol–water partition coefficient (Wildman–Crippen LogP) is 3.93. The summed E-state index contributed by atoms with van der Waals surface area (Å²) in [7, 11) is 0. The van der Waals surface area contributed by atoms with Crippen molar-refractivity contribution < 1.29 is 4.74 Å². The van der Waals surface area contributed by atoms with Crippen LogP contribution >= 0.6 is 11.6 Å². The molecule has 0 aliphatic rings. The summed E-state index contributed by atoms with van der Waals surface area (Å²) >= 11 is 6.13. The molecular weight excluding hydrogens is 222 g/mol. The molecule has 1 rings (SSSR count). The summed E-state index contributed by atoms with van der Waals surface area (Å²) in [5.41, 5.74) is 7.05. The van der Waals surface area contributed by atoms with Crippen LogP contribution in [-0.4, -0.2) is 6.61 Å². The van der Waals surface area contributed by atoms with Gasteiger partial charge in [0, 0.05) is 11.1 Å². The number of nitrogens with two attached hydrogens (primary N) is 1. The van der Waals surface area contributed by atoms with Gasteiger partial charge in [-0.1, -0.05) is 31.9 Å². The molecule has 1 aromatic carbocycles. The van der Waals surface area contributed by atoms with Crippen molar-refractivity contribution in [2.45, 2.75) is 39.2 Å². The first-order chi connectivity index (χ1) is 7.69. The van der Waals surface area contributed by atoms with Crippen LogP contribution in [0.4, 0.5) is 0 Å². The van der Waals surface area contributed by atoms with E-state index in [2.05, 4.69) is 13.8 Å². The molecule has 0 amide bonds. The molecular formula is C13H20ClNO. The van der Waals surface area contributed by atoms with E-state index < -0.39 is 0 Å². The molecule has 0 heterocycles. The zero-order valence-corrected chi connectivity index (χ0v) is 10.8. The van der Waals surface area contributed by atoms with E-state index in [4.69, 9.17) is 22.1 Å². The molecule has 90 valence electrons. The Morgan fingerprint density at radius 2 is 2.06 bits per heavy atom. The van der Waals surface area contributed by atoms with E-state index in [-0.39, 0.29) is 6.04 Å². The molecule has 2 nitrogen and oxygen atoms in total. The van der Waals surface area contributed by atoms with Crippen LogP contribution in [-0.2, 0) is 0 Å². The third kappa shape index (κ3) is 3.69. The number of benzene rings is 1. The minimum atomic E-state index is 0.00248. The lowest BCUT2D eigenvalue weighted by Gasteiger charge is -2.14.